The van der Waals surface area contributed by atoms with Gasteiger partial charge in [0, 0.05) is 7.05 Å². The molecule has 0 fully saturated rings. The molecule has 0 aliphatic carbocycles. The van der Waals surface area contributed by atoms with Crippen molar-refractivity contribution in [1.29, 1.82) is 0 Å². The highest BCUT2D eigenvalue weighted by molar-refractivity contribution is 6.30. The summed E-state index contributed by atoms with van der Waals surface area (Å²) >= 11 is 5.38. The molecule has 7 heteroatoms. The normalized spacial score (nSPS) is 11.3. The second kappa shape index (κ2) is 5.13. The molecule has 0 heterocycles. The lowest BCUT2D eigenvalue weighted by Crippen LogP contribution is -2.51. The van der Waals surface area contributed by atoms with Gasteiger partial charge in [-0.25, -0.2) is 13.6 Å². The number of carboxylic acid groups (broad SMARTS) is 1. The fraction of sp³-hybridized carbons (Fsp3) is 0.333. The van der Waals surface area contributed by atoms with E-state index in [1.807, 2.05) is 0 Å². The lowest BCUT2D eigenvalue weighted by atomic mass is 10.0. The molecule has 104 valence electrons. The van der Waals surface area contributed by atoms with E-state index in [1.54, 1.807) is 0 Å². The number of rotatable bonds is 3. The molecule has 0 radical (unpaired) electrons. The van der Waals surface area contributed by atoms with Crippen LogP contribution in [-0.4, -0.2) is 34.5 Å². The maximum absolute atomic E-state index is 13.6. The third-order valence-electron chi connectivity index (χ3n) is 2.91. The lowest BCUT2D eigenvalue weighted by molar-refractivity contribution is -0.147. The van der Waals surface area contributed by atoms with Crippen molar-refractivity contribution in [3.63, 3.8) is 0 Å². The van der Waals surface area contributed by atoms with Crippen LogP contribution in [0.15, 0.2) is 12.1 Å². The maximum Gasteiger partial charge on any atom is 0.329 e. The highest BCUT2D eigenvalue weighted by atomic mass is 35.5. The van der Waals surface area contributed by atoms with Crippen molar-refractivity contribution in [2.24, 2.45) is 0 Å². The summed E-state index contributed by atoms with van der Waals surface area (Å²) in [5, 5.41) is 8.54. The van der Waals surface area contributed by atoms with Crippen LogP contribution in [-0.2, 0) is 4.79 Å². The van der Waals surface area contributed by atoms with E-state index in [1.165, 1.54) is 20.9 Å². The van der Waals surface area contributed by atoms with Crippen LogP contribution in [0.1, 0.15) is 24.2 Å². The number of carboxylic acids is 1. The van der Waals surface area contributed by atoms with Crippen LogP contribution in [0.25, 0.3) is 0 Å². The Morgan fingerprint density at radius 2 is 1.79 bits per heavy atom. The highest BCUT2D eigenvalue weighted by Crippen LogP contribution is 2.23. The summed E-state index contributed by atoms with van der Waals surface area (Å²) in [6, 6.07) is 1.32. The first-order valence-electron chi connectivity index (χ1n) is 5.25. The fourth-order valence-electron chi connectivity index (χ4n) is 1.26. The number of carbonyl (C=O) groups is 2. The van der Waals surface area contributed by atoms with E-state index in [0.29, 0.717) is 12.1 Å². The monoisotopic (exact) mass is 291 g/mol. The Labute approximate surface area is 113 Å². The molecular formula is C12H12ClF2NO3. The molecule has 0 saturated carbocycles. The maximum atomic E-state index is 13.6. The molecule has 1 amide bonds. The van der Waals surface area contributed by atoms with E-state index in [9.17, 15) is 18.4 Å². The number of aliphatic carboxylic acids is 1. The van der Waals surface area contributed by atoms with Crippen LogP contribution in [0.5, 0.6) is 0 Å². The Bertz CT molecular complexity index is 546. The van der Waals surface area contributed by atoms with Gasteiger partial charge in [0.05, 0.1) is 10.6 Å². The lowest BCUT2D eigenvalue weighted by Gasteiger charge is -2.31. The largest absolute Gasteiger partial charge is 0.480 e. The average Bonchev–Trinajstić information content (AvgIpc) is 2.31. The molecule has 0 atom stereocenters. The summed E-state index contributed by atoms with van der Waals surface area (Å²) in [6.07, 6.45) is 0. The number of halogens is 3. The van der Waals surface area contributed by atoms with E-state index in [-0.39, 0.29) is 0 Å². The number of hydrogen-bond donors (Lipinski definition) is 1. The number of hydrogen-bond acceptors (Lipinski definition) is 2. The van der Waals surface area contributed by atoms with Crippen LogP contribution < -0.4 is 0 Å². The van der Waals surface area contributed by atoms with E-state index in [2.05, 4.69) is 0 Å². The topological polar surface area (TPSA) is 57.6 Å². The Hall–Kier alpha value is -1.69. The van der Waals surface area contributed by atoms with Crippen molar-refractivity contribution in [3.8, 4) is 0 Å². The Morgan fingerprint density at radius 1 is 1.26 bits per heavy atom. The second-order valence-corrected chi connectivity index (χ2v) is 4.88. The number of carbonyl (C=O) groups excluding carboxylic acids is 1. The van der Waals surface area contributed by atoms with Crippen molar-refractivity contribution in [2.45, 2.75) is 19.4 Å². The van der Waals surface area contributed by atoms with Gasteiger partial charge in [0.25, 0.3) is 5.91 Å². The molecule has 0 aliphatic rings. The molecule has 0 unspecified atom stereocenters. The Balaban J connectivity index is 3.21. The van der Waals surface area contributed by atoms with E-state index < -0.39 is 39.6 Å². The second-order valence-electron chi connectivity index (χ2n) is 4.47. The van der Waals surface area contributed by atoms with Gasteiger partial charge in [-0.2, -0.15) is 0 Å². The minimum absolute atomic E-state index is 0.450. The zero-order valence-electron chi connectivity index (χ0n) is 10.5. The molecule has 19 heavy (non-hydrogen) atoms. The molecule has 0 aliphatic heterocycles. The van der Waals surface area contributed by atoms with Crippen LogP contribution >= 0.6 is 11.6 Å². The molecule has 0 spiro atoms. The molecule has 0 bridgehead atoms. The Morgan fingerprint density at radius 3 is 2.26 bits per heavy atom. The van der Waals surface area contributed by atoms with Crippen LogP contribution in [0.2, 0.25) is 5.02 Å². The first-order valence-corrected chi connectivity index (χ1v) is 5.63. The standard InChI is InChI=1S/C12H12ClF2NO3/c1-12(2,11(18)19)16(3)10(17)6-4-9(15)7(13)5-8(6)14/h4-5H,1-3H3,(H,18,19). The zero-order chi connectivity index (χ0) is 15.0. The van der Waals surface area contributed by atoms with Crippen LogP contribution in [0.4, 0.5) is 8.78 Å². The molecule has 1 aromatic rings. The van der Waals surface area contributed by atoms with Crippen molar-refractivity contribution < 1.29 is 23.5 Å². The summed E-state index contributed by atoms with van der Waals surface area (Å²) in [5.41, 5.74) is -2.13. The smallest absolute Gasteiger partial charge is 0.329 e. The van der Waals surface area contributed by atoms with E-state index in [4.69, 9.17) is 16.7 Å². The number of nitrogens with zero attached hydrogens (tertiary/aromatic N) is 1. The van der Waals surface area contributed by atoms with Crippen molar-refractivity contribution >= 4 is 23.5 Å². The summed E-state index contributed by atoms with van der Waals surface area (Å²) in [5.74, 6) is -4.17. The average molecular weight is 292 g/mol. The summed E-state index contributed by atoms with van der Waals surface area (Å²) in [4.78, 5) is 23.8. The van der Waals surface area contributed by atoms with Crippen molar-refractivity contribution in [3.05, 3.63) is 34.4 Å². The first kappa shape index (κ1) is 15.4. The van der Waals surface area contributed by atoms with Crippen LogP contribution in [0, 0.1) is 11.6 Å². The van der Waals surface area contributed by atoms with Crippen molar-refractivity contribution in [1.82, 2.24) is 4.90 Å². The minimum Gasteiger partial charge on any atom is -0.480 e. The molecule has 0 aromatic heterocycles. The van der Waals surface area contributed by atoms with Gasteiger partial charge in [-0.3, -0.25) is 4.79 Å². The SMILES string of the molecule is CN(C(=O)c1cc(F)c(Cl)cc1F)C(C)(C)C(=O)O. The predicted molar refractivity (Wildman–Crippen MR) is 65.2 cm³/mol. The third kappa shape index (κ3) is 2.84. The number of likely N-dealkylation sites (N-methyl/N-ethyl adjacent to an activating group) is 1. The number of amides is 1. The molecule has 1 rings (SSSR count). The van der Waals surface area contributed by atoms with Gasteiger partial charge in [-0.15, -0.1) is 0 Å². The highest BCUT2D eigenvalue weighted by Gasteiger charge is 2.36. The number of benzene rings is 1. The Kier molecular flexibility index (Phi) is 4.15. The van der Waals surface area contributed by atoms with Crippen molar-refractivity contribution in [2.75, 3.05) is 7.05 Å². The summed E-state index contributed by atoms with van der Waals surface area (Å²) in [6.45, 7) is 2.55. The molecular weight excluding hydrogens is 280 g/mol. The van der Waals surface area contributed by atoms with Gasteiger partial charge in [-0.05, 0) is 26.0 Å². The molecule has 0 saturated heterocycles. The minimum atomic E-state index is -1.56. The van der Waals surface area contributed by atoms with Gasteiger partial charge in [0.15, 0.2) is 0 Å². The molecule has 4 nitrogen and oxygen atoms in total. The van der Waals surface area contributed by atoms with Gasteiger partial charge >= 0.3 is 5.97 Å². The van der Waals surface area contributed by atoms with E-state index in [0.717, 1.165) is 4.90 Å². The fourth-order valence-corrected chi connectivity index (χ4v) is 1.41. The van der Waals surface area contributed by atoms with E-state index >= 15 is 0 Å². The third-order valence-corrected chi connectivity index (χ3v) is 3.20. The van der Waals surface area contributed by atoms with Gasteiger partial charge < -0.3 is 10.0 Å². The first-order chi connectivity index (χ1) is 8.59. The van der Waals surface area contributed by atoms with Gasteiger partial charge in [0.1, 0.15) is 17.2 Å². The summed E-state index contributed by atoms with van der Waals surface area (Å²) < 4.78 is 26.8. The van der Waals surface area contributed by atoms with Crippen LogP contribution in [0.3, 0.4) is 0 Å². The quantitative estimate of drug-likeness (QED) is 0.871. The molecule has 1 N–H and O–H groups in total. The van der Waals surface area contributed by atoms with Gasteiger partial charge in [-0.1, -0.05) is 11.6 Å². The molecule has 1 aromatic carbocycles. The van der Waals surface area contributed by atoms with Gasteiger partial charge in [0.2, 0.25) is 0 Å². The zero-order valence-corrected chi connectivity index (χ0v) is 11.3. The summed E-state index contributed by atoms with van der Waals surface area (Å²) in [7, 11) is 1.20. The predicted octanol–water partition coefficient (Wildman–Crippen LogP) is 2.55.